The van der Waals surface area contributed by atoms with Crippen LogP contribution in [0.3, 0.4) is 0 Å². The maximum absolute atomic E-state index is 10.5. The number of alkyl halides is 1. The summed E-state index contributed by atoms with van der Waals surface area (Å²) in [4.78, 5) is 0. The molecule has 0 saturated carbocycles. The average Bonchev–Trinajstić information content (AvgIpc) is 2.60. The SMILES string of the molecule is OC1Cc2ccccc2/C(=C\CCBr)c2ccccc21. The Morgan fingerprint density at radius 1 is 1.05 bits per heavy atom. The predicted octanol–water partition coefficient (Wildman–Crippen LogP) is 4.49. The number of hydrogen-bond donors (Lipinski definition) is 1. The summed E-state index contributed by atoms with van der Waals surface area (Å²) in [6.07, 6.45) is 3.50. The second-order valence-corrected chi connectivity index (χ2v) is 5.85. The molecule has 1 aliphatic carbocycles. The van der Waals surface area contributed by atoms with Gasteiger partial charge in [-0.2, -0.15) is 0 Å². The lowest BCUT2D eigenvalue weighted by molar-refractivity contribution is 0.179. The smallest absolute Gasteiger partial charge is 0.0836 e. The topological polar surface area (TPSA) is 20.2 Å². The molecule has 0 radical (unpaired) electrons. The number of hydrogen-bond acceptors (Lipinski definition) is 1. The van der Waals surface area contributed by atoms with Crippen LogP contribution in [0.2, 0.25) is 0 Å². The molecule has 1 nitrogen and oxygen atoms in total. The number of aliphatic hydroxyl groups is 1. The van der Waals surface area contributed by atoms with E-state index in [4.69, 9.17) is 0 Å². The molecule has 2 heteroatoms. The molecule has 102 valence electrons. The normalized spacial score (nSPS) is 19.3. The zero-order valence-electron chi connectivity index (χ0n) is 11.2. The lowest BCUT2D eigenvalue weighted by atomic mass is 9.93. The molecular formula is C18H17BrO. The van der Waals surface area contributed by atoms with E-state index < -0.39 is 6.10 Å². The second-order valence-electron chi connectivity index (χ2n) is 5.06. The van der Waals surface area contributed by atoms with Crippen molar-refractivity contribution in [1.29, 1.82) is 0 Å². The Bertz CT molecular complexity index is 645. The minimum Gasteiger partial charge on any atom is -0.388 e. The summed E-state index contributed by atoms with van der Waals surface area (Å²) in [5, 5.41) is 11.4. The van der Waals surface area contributed by atoms with E-state index in [0.717, 1.165) is 22.9 Å². The third kappa shape index (κ3) is 2.46. The molecule has 2 aromatic carbocycles. The fourth-order valence-electron chi connectivity index (χ4n) is 2.88. The van der Waals surface area contributed by atoms with E-state index in [1.54, 1.807) is 0 Å². The van der Waals surface area contributed by atoms with Gasteiger partial charge in [0, 0.05) is 11.8 Å². The Balaban J connectivity index is 2.24. The monoisotopic (exact) mass is 328 g/mol. The number of aliphatic hydroxyl groups excluding tert-OH is 1. The number of halogens is 1. The maximum Gasteiger partial charge on any atom is 0.0836 e. The van der Waals surface area contributed by atoms with Crippen LogP contribution in [0.25, 0.3) is 5.57 Å². The summed E-state index contributed by atoms with van der Waals surface area (Å²) in [6.45, 7) is 0. The van der Waals surface area contributed by atoms with Gasteiger partial charge in [0.2, 0.25) is 0 Å². The highest BCUT2D eigenvalue weighted by molar-refractivity contribution is 9.09. The first-order chi connectivity index (χ1) is 9.81. The largest absolute Gasteiger partial charge is 0.388 e. The van der Waals surface area contributed by atoms with Gasteiger partial charge in [0.25, 0.3) is 0 Å². The summed E-state index contributed by atoms with van der Waals surface area (Å²) in [5.74, 6) is 0. The van der Waals surface area contributed by atoms with Crippen LogP contribution in [0.1, 0.15) is 34.8 Å². The molecule has 1 N–H and O–H groups in total. The van der Waals surface area contributed by atoms with Crippen molar-refractivity contribution in [2.24, 2.45) is 0 Å². The fraction of sp³-hybridized carbons (Fsp3) is 0.222. The first-order valence-electron chi connectivity index (χ1n) is 6.93. The van der Waals surface area contributed by atoms with Crippen LogP contribution in [-0.4, -0.2) is 10.4 Å². The maximum atomic E-state index is 10.5. The predicted molar refractivity (Wildman–Crippen MR) is 87.0 cm³/mol. The summed E-state index contributed by atoms with van der Waals surface area (Å²) < 4.78 is 0. The van der Waals surface area contributed by atoms with Gasteiger partial charge in [0.15, 0.2) is 0 Å². The van der Waals surface area contributed by atoms with Gasteiger partial charge in [-0.3, -0.25) is 0 Å². The van der Waals surface area contributed by atoms with E-state index in [9.17, 15) is 5.11 Å². The molecular weight excluding hydrogens is 312 g/mol. The van der Waals surface area contributed by atoms with Crippen molar-refractivity contribution in [2.75, 3.05) is 5.33 Å². The van der Waals surface area contributed by atoms with Crippen LogP contribution in [0.4, 0.5) is 0 Å². The van der Waals surface area contributed by atoms with Gasteiger partial charge in [0.1, 0.15) is 0 Å². The molecule has 0 amide bonds. The van der Waals surface area contributed by atoms with Gasteiger partial charge in [-0.05, 0) is 34.2 Å². The second kappa shape index (κ2) is 5.94. The van der Waals surface area contributed by atoms with E-state index >= 15 is 0 Å². The van der Waals surface area contributed by atoms with Gasteiger partial charge in [-0.1, -0.05) is 70.5 Å². The summed E-state index contributed by atoms with van der Waals surface area (Å²) in [6, 6.07) is 16.6. The van der Waals surface area contributed by atoms with Crippen molar-refractivity contribution in [3.05, 3.63) is 76.9 Å². The molecule has 0 aliphatic heterocycles. The number of fused-ring (bicyclic) bond motifs is 2. The zero-order valence-corrected chi connectivity index (χ0v) is 12.8. The Kier molecular flexibility index (Phi) is 4.04. The molecule has 20 heavy (non-hydrogen) atoms. The van der Waals surface area contributed by atoms with Crippen LogP contribution < -0.4 is 0 Å². The van der Waals surface area contributed by atoms with Gasteiger partial charge < -0.3 is 5.11 Å². The first-order valence-corrected chi connectivity index (χ1v) is 8.05. The van der Waals surface area contributed by atoms with Crippen molar-refractivity contribution < 1.29 is 5.11 Å². The van der Waals surface area contributed by atoms with Crippen LogP contribution in [0.5, 0.6) is 0 Å². The van der Waals surface area contributed by atoms with Gasteiger partial charge in [-0.25, -0.2) is 0 Å². The van der Waals surface area contributed by atoms with Crippen molar-refractivity contribution in [3.63, 3.8) is 0 Å². The van der Waals surface area contributed by atoms with E-state index in [-0.39, 0.29) is 0 Å². The zero-order chi connectivity index (χ0) is 13.9. The van der Waals surface area contributed by atoms with E-state index in [0.29, 0.717) is 6.42 Å². The lowest BCUT2D eigenvalue weighted by Gasteiger charge is -2.12. The fourth-order valence-corrected chi connectivity index (χ4v) is 3.10. The molecule has 1 unspecified atom stereocenters. The molecule has 1 aliphatic rings. The van der Waals surface area contributed by atoms with Gasteiger partial charge in [0.05, 0.1) is 6.10 Å². The number of allylic oxidation sites excluding steroid dienone is 1. The standard InChI is InChI=1S/C18H17BrO/c19-11-5-10-15-14-7-2-1-6-13(14)12-18(20)17-9-4-3-8-16(15)17/h1-4,6-10,18,20H,5,11-12H2/b15-10+. The van der Waals surface area contributed by atoms with Crippen LogP contribution in [-0.2, 0) is 6.42 Å². The van der Waals surface area contributed by atoms with E-state index in [2.05, 4.69) is 46.3 Å². The van der Waals surface area contributed by atoms with Crippen molar-refractivity contribution >= 4 is 21.5 Å². The highest BCUT2D eigenvalue weighted by Gasteiger charge is 2.22. The van der Waals surface area contributed by atoms with E-state index in [1.807, 2.05) is 24.3 Å². The van der Waals surface area contributed by atoms with Gasteiger partial charge >= 0.3 is 0 Å². The minimum absolute atomic E-state index is 0.428. The molecule has 2 aromatic rings. The van der Waals surface area contributed by atoms with Crippen molar-refractivity contribution in [2.45, 2.75) is 18.9 Å². The number of benzene rings is 2. The Hall–Kier alpha value is -1.38. The quantitative estimate of drug-likeness (QED) is 0.805. The highest BCUT2D eigenvalue weighted by atomic mass is 79.9. The Morgan fingerprint density at radius 2 is 1.75 bits per heavy atom. The van der Waals surface area contributed by atoms with Crippen LogP contribution in [0.15, 0.2) is 54.6 Å². The Morgan fingerprint density at radius 3 is 2.55 bits per heavy atom. The number of rotatable bonds is 2. The molecule has 0 heterocycles. The molecule has 3 rings (SSSR count). The first kappa shape index (κ1) is 13.6. The third-order valence-electron chi connectivity index (χ3n) is 3.79. The summed E-state index contributed by atoms with van der Waals surface area (Å²) in [7, 11) is 0. The average molecular weight is 329 g/mol. The minimum atomic E-state index is -0.428. The third-order valence-corrected chi connectivity index (χ3v) is 4.25. The molecule has 0 bridgehead atoms. The summed E-state index contributed by atoms with van der Waals surface area (Å²) >= 11 is 3.49. The van der Waals surface area contributed by atoms with Crippen molar-refractivity contribution in [1.82, 2.24) is 0 Å². The molecule has 0 saturated heterocycles. The van der Waals surface area contributed by atoms with Crippen molar-refractivity contribution in [3.8, 4) is 0 Å². The molecule has 0 aromatic heterocycles. The highest BCUT2D eigenvalue weighted by Crippen LogP contribution is 2.37. The summed E-state index contributed by atoms with van der Waals surface area (Å²) in [5.41, 5.74) is 5.90. The molecule has 0 fully saturated rings. The van der Waals surface area contributed by atoms with E-state index in [1.165, 1.54) is 16.7 Å². The molecule has 1 atom stereocenters. The van der Waals surface area contributed by atoms with Crippen LogP contribution >= 0.6 is 15.9 Å². The Labute approximate surface area is 128 Å². The lowest BCUT2D eigenvalue weighted by Crippen LogP contribution is -2.01. The van der Waals surface area contributed by atoms with Crippen LogP contribution in [0, 0.1) is 0 Å². The molecule has 0 spiro atoms. The van der Waals surface area contributed by atoms with Gasteiger partial charge in [-0.15, -0.1) is 0 Å².